The molecule has 0 saturated carbocycles. The van der Waals surface area contributed by atoms with Crippen LogP contribution in [0.3, 0.4) is 0 Å². The maximum atomic E-state index is 12.9. The molecule has 0 aliphatic carbocycles. The van der Waals surface area contributed by atoms with Gasteiger partial charge in [0, 0.05) is 17.5 Å². The summed E-state index contributed by atoms with van der Waals surface area (Å²) in [4.78, 5) is 27.1. The Labute approximate surface area is 192 Å². The number of rotatable bonds is 8. The van der Waals surface area contributed by atoms with Gasteiger partial charge in [0.2, 0.25) is 11.8 Å². The zero-order valence-corrected chi connectivity index (χ0v) is 20.7. The summed E-state index contributed by atoms with van der Waals surface area (Å²) < 4.78 is 7.41. The fourth-order valence-corrected chi connectivity index (χ4v) is 3.16. The highest BCUT2D eigenvalue weighted by atomic mass is 16.5. The number of aromatic nitrogens is 2. The van der Waals surface area contributed by atoms with Gasteiger partial charge in [0.05, 0.1) is 17.8 Å². The van der Waals surface area contributed by atoms with E-state index in [1.807, 2.05) is 75.7 Å². The quantitative estimate of drug-likeness (QED) is 0.660. The highest BCUT2D eigenvalue weighted by molar-refractivity contribution is 5.94. The molecule has 2 rings (SSSR count). The minimum absolute atomic E-state index is 0.0502. The van der Waals surface area contributed by atoms with Crippen LogP contribution in [0.5, 0.6) is 0 Å². The van der Waals surface area contributed by atoms with Gasteiger partial charge in [0.1, 0.15) is 19.0 Å². The van der Waals surface area contributed by atoms with E-state index >= 15 is 0 Å². The number of carbonyl (C=O) groups excluding carboxylic acids is 2. The van der Waals surface area contributed by atoms with Crippen molar-refractivity contribution in [2.75, 3.05) is 18.5 Å². The van der Waals surface area contributed by atoms with Crippen LogP contribution >= 0.6 is 0 Å². The Morgan fingerprint density at radius 3 is 2.25 bits per heavy atom. The second kappa shape index (κ2) is 10.3. The average Bonchev–Trinajstić information content (AvgIpc) is 3.11. The third kappa shape index (κ3) is 7.19. The molecule has 0 aliphatic rings. The van der Waals surface area contributed by atoms with Crippen molar-refractivity contribution < 1.29 is 14.3 Å². The number of anilines is 1. The fourth-order valence-electron chi connectivity index (χ4n) is 3.16. The topological polar surface area (TPSA) is 76.5 Å². The zero-order valence-electron chi connectivity index (χ0n) is 20.7. The Hall–Kier alpha value is -2.67. The second-order valence-electron chi connectivity index (χ2n) is 10.4. The average molecular weight is 443 g/mol. The lowest BCUT2D eigenvalue weighted by atomic mass is 9.92. The van der Waals surface area contributed by atoms with E-state index in [1.165, 1.54) is 4.90 Å². The van der Waals surface area contributed by atoms with Gasteiger partial charge in [-0.1, -0.05) is 51.1 Å². The van der Waals surface area contributed by atoms with Crippen LogP contribution in [0.2, 0.25) is 0 Å². The van der Waals surface area contributed by atoms with Gasteiger partial charge in [0.15, 0.2) is 0 Å². The molecule has 1 heterocycles. The molecule has 2 amide bonds. The maximum Gasteiger partial charge on any atom is 0.249 e. The van der Waals surface area contributed by atoms with Gasteiger partial charge in [-0.3, -0.25) is 9.59 Å². The lowest BCUT2D eigenvalue weighted by Crippen LogP contribution is -2.44. The van der Waals surface area contributed by atoms with E-state index in [0.717, 1.165) is 11.3 Å². The molecule has 176 valence electrons. The molecule has 0 bridgehead atoms. The van der Waals surface area contributed by atoms with Crippen LogP contribution in [-0.2, 0) is 31.9 Å². The SMILES string of the molecule is CC(C)N(CC(=O)Nc1cc(C(C)(C)C)nn1C(C)(C)C)C(=O)COCc1ccccc1. The number of hydrogen-bond donors (Lipinski definition) is 1. The van der Waals surface area contributed by atoms with Crippen LogP contribution in [-0.4, -0.2) is 45.7 Å². The first kappa shape index (κ1) is 25.6. The van der Waals surface area contributed by atoms with Crippen LogP contribution in [0.4, 0.5) is 5.82 Å². The Balaban J connectivity index is 2.05. The van der Waals surface area contributed by atoms with Crippen molar-refractivity contribution in [2.45, 2.75) is 79.0 Å². The minimum Gasteiger partial charge on any atom is -0.367 e. The summed E-state index contributed by atoms with van der Waals surface area (Å²) in [7, 11) is 0. The van der Waals surface area contributed by atoms with E-state index in [-0.39, 0.29) is 42.0 Å². The predicted molar refractivity (Wildman–Crippen MR) is 127 cm³/mol. The first-order valence-electron chi connectivity index (χ1n) is 11.1. The van der Waals surface area contributed by atoms with Gasteiger partial charge in [-0.05, 0) is 40.2 Å². The second-order valence-corrected chi connectivity index (χ2v) is 10.4. The van der Waals surface area contributed by atoms with E-state index in [4.69, 9.17) is 9.84 Å². The number of nitrogens with zero attached hydrogens (tertiary/aromatic N) is 3. The minimum atomic E-state index is -0.301. The Bertz CT molecular complexity index is 906. The van der Waals surface area contributed by atoms with Gasteiger partial charge in [-0.2, -0.15) is 5.10 Å². The van der Waals surface area contributed by atoms with Crippen molar-refractivity contribution in [3.63, 3.8) is 0 Å². The summed E-state index contributed by atoms with van der Waals surface area (Å²) in [6.07, 6.45) is 0. The van der Waals surface area contributed by atoms with Gasteiger partial charge < -0.3 is 15.0 Å². The van der Waals surface area contributed by atoms with E-state index in [9.17, 15) is 9.59 Å². The highest BCUT2D eigenvalue weighted by Gasteiger charge is 2.27. The first-order chi connectivity index (χ1) is 14.8. The number of amides is 2. The largest absolute Gasteiger partial charge is 0.367 e. The summed E-state index contributed by atoms with van der Waals surface area (Å²) >= 11 is 0. The molecule has 7 nitrogen and oxygen atoms in total. The maximum absolute atomic E-state index is 12.9. The molecule has 0 fully saturated rings. The van der Waals surface area contributed by atoms with Gasteiger partial charge in [0.25, 0.3) is 0 Å². The van der Waals surface area contributed by atoms with Gasteiger partial charge in [-0.15, -0.1) is 0 Å². The third-order valence-corrected chi connectivity index (χ3v) is 4.98. The van der Waals surface area contributed by atoms with Gasteiger partial charge in [-0.25, -0.2) is 4.68 Å². The molecule has 0 atom stereocenters. The van der Waals surface area contributed by atoms with E-state index in [1.54, 1.807) is 0 Å². The number of benzene rings is 1. The Kier molecular flexibility index (Phi) is 8.24. The highest BCUT2D eigenvalue weighted by Crippen LogP contribution is 2.28. The number of carbonyl (C=O) groups is 2. The summed E-state index contributed by atoms with van der Waals surface area (Å²) in [6.45, 7) is 16.4. The zero-order chi connectivity index (χ0) is 24.1. The van der Waals surface area contributed by atoms with Crippen LogP contribution in [0, 0.1) is 0 Å². The predicted octanol–water partition coefficient (Wildman–Crippen LogP) is 4.33. The van der Waals surface area contributed by atoms with Crippen LogP contribution in [0.1, 0.15) is 66.6 Å². The standard InChI is InChI=1S/C25H38N4O3/c1-18(2)28(23(31)17-32-16-19-12-10-9-11-13-19)15-22(30)26-21-14-20(24(3,4)5)27-29(21)25(6,7)8/h9-14,18H,15-17H2,1-8H3,(H,26,30). The smallest absolute Gasteiger partial charge is 0.249 e. The van der Waals surface area contributed by atoms with E-state index < -0.39 is 0 Å². The molecule has 1 N–H and O–H groups in total. The molecule has 0 radical (unpaired) electrons. The third-order valence-electron chi connectivity index (χ3n) is 4.98. The van der Waals surface area contributed by atoms with E-state index in [0.29, 0.717) is 12.4 Å². The molecule has 32 heavy (non-hydrogen) atoms. The summed E-state index contributed by atoms with van der Waals surface area (Å²) in [5, 5.41) is 7.68. The summed E-state index contributed by atoms with van der Waals surface area (Å²) in [5.74, 6) is 0.149. The molecule has 0 unspecified atom stereocenters. The molecule has 7 heteroatoms. The van der Waals surface area contributed by atoms with Crippen LogP contribution < -0.4 is 5.32 Å². The van der Waals surface area contributed by atoms with Crippen molar-refractivity contribution in [1.29, 1.82) is 0 Å². The molecule has 1 aromatic heterocycles. The number of nitrogens with one attached hydrogen (secondary N) is 1. The van der Waals surface area contributed by atoms with E-state index in [2.05, 4.69) is 26.1 Å². The number of ether oxygens (including phenoxy) is 1. The monoisotopic (exact) mass is 442 g/mol. The fraction of sp³-hybridized carbons (Fsp3) is 0.560. The number of hydrogen-bond acceptors (Lipinski definition) is 4. The lowest BCUT2D eigenvalue weighted by molar-refractivity contribution is -0.141. The first-order valence-corrected chi connectivity index (χ1v) is 11.1. The lowest BCUT2D eigenvalue weighted by Gasteiger charge is -2.27. The molecular formula is C25H38N4O3. The van der Waals surface area contributed by atoms with Crippen LogP contribution in [0.15, 0.2) is 36.4 Å². The van der Waals surface area contributed by atoms with Crippen molar-refractivity contribution in [2.24, 2.45) is 0 Å². The molecule has 1 aromatic carbocycles. The molecule has 0 spiro atoms. The van der Waals surface area contributed by atoms with Crippen molar-refractivity contribution >= 4 is 17.6 Å². The van der Waals surface area contributed by atoms with Crippen molar-refractivity contribution in [1.82, 2.24) is 14.7 Å². The molecule has 2 aromatic rings. The summed E-state index contributed by atoms with van der Waals surface area (Å²) in [6, 6.07) is 11.5. The van der Waals surface area contributed by atoms with Crippen LogP contribution in [0.25, 0.3) is 0 Å². The van der Waals surface area contributed by atoms with Gasteiger partial charge >= 0.3 is 0 Å². The van der Waals surface area contributed by atoms with Crippen molar-refractivity contribution in [3.8, 4) is 0 Å². The molecular weight excluding hydrogens is 404 g/mol. The summed E-state index contributed by atoms with van der Waals surface area (Å²) in [5.41, 5.74) is 1.45. The van der Waals surface area contributed by atoms with Crippen molar-refractivity contribution in [3.05, 3.63) is 47.7 Å². The normalized spacial score (nSPS) is 12.2. The Morgan fingerprint density at radius 1 is 1.09 bits per heavy atom. The molecule has 0 saturated heterocycles. The Morgan fingerprint density at radius 2 is 1.72 bits per heavy atom. The molecule has 0 aliphatic heterocycles.